The van der Waals surface area contributed by atoms with E-state index in [4.69, 9.17) is 4.74 Å². The summed E-state index contributed by atoms with van der Waals surface area (Å²) in [6, 6.07) is 0. The van der Waals surface area contributed by atoms with E-state index >= 15 is 0 Å². The summed E-state index contributed by atoms with van der Waals surface area (Å²) in [5.41, 5.74) is 2.01. The summed E-state index contributed by atoms with van der Waals surface area (Å²) in [5, 5.41) is 11.2. The van der Waals surface area contributed by atoms with Crippen LogP contribution >= 0.6 is 0 Å². The van der Waals surface area contributed by atoms with Gasteiger partial charge >= 0.3 is 0 Å². The molecule has 3 saturated carbocycles. The first-order chi connectivity index (χ1) is 14.2. The molecule has 0 bridgehead atoms. The molecule has 172 valence electrons. The lowest BCUT2D eigenvalue weighted by molar-refractivity contribution is -0.0884. The van der Waals surface area contributed by atoms with Gasteiger partial charge in [-0.15, -0.1) is 0 Å². The summed E-state index contributed by atoms with van der Waals surface area (Å²) < 4.78 is 5.65. The molecule has 0 aromatic rings. The van der Waals surface area contributed by atoms with Crippen LogP contribution in [0.5, 0.6) is 0 Å². The van der Waals surface area contributed by atoms with E-state index in [9.17, 15) is 5.11 Å². The predicted molar refractivity (Wildman–Crippen MR) is 125 cm³/mol. The van der Waals surface area contributed by atoms with Crippen LogP contribution in [0, 0.1) is 46.3 Å². The number of fused-ring (bicyclic) bond motifs is 5. The van der Waals surface area contributed by atoms with Crippen LogP contribution < -0.4 is 0 Å². The van der Waals surface area contributed by atoms with Crippen molar-refractivity contribution < 1.29 is 9.84 Å². The van der Waals surface area contributed by atoms with Crippen LogP contribution in [0.2, 0.25) is 0 Å². The number of hydrogen-bond donors (Lipinski definition) is 1. The van der Waals surface area contributed by atoms with Crippen LogP contribution in [-0.2, 0) is 4.74 Å². The lowest BCUT2D eigenvalue weighted by Crippen LogP contribution is -2.54. The van der Waals surface area contributed by atoms with Gasteiger partial charge in [-0.05, 0) is 96.9 Å². The third-order valence-corrected chi connectivity index (χ3v) is 10.6. The second-order valence-corrected chi connectivity index (χ2v) is 12.5. The summed E-state index contributed by atoms with van der Waals surface area (Å²) in [5.74, 6) is 4.88. The van der Waals surface area contributed by atoms with Crippen LogP contribution in [0.4, 0.5) is 0 Å². The van der Waals surface area contributed by atoms with Gasteiger partial charge in [-0.2, -0.15) is 0 Å². The molecule has 0 heterocycles. The Morgan fingerprint density at radius 3 is 2.50 bits per heavy atom. The van der Waals surface area contributed by atoms with Crippen LogP contribution in [-0.4, -0.2) is 24.4 Å². The van der Waals surface area contributed by atoms with Crippen molar-refractivity contribution >= 4 is 0 Å². The first-order valence-corrected chi connectivity index (χ1v) is 13.1. The van der Waals surface area contributed by atoms with Gasteiger partial charge < -0.3 is 9.84 Å². The van der Waals surface area contributed by atoms with Gasteiger partial charge in [0.2, 0.25) is 0 Å². The highest BCUT2D eigenvalue weighted by molar-refractivity contribution is 5.29. The lowest BCUT2D eigenvalue weighted by Gasteiger charge is -2.60. The Hall–Kier alpha value is -0.340. The van der Waals surface area contributed by atoms with E-state index in [1.54, 1.807) is 0 Å². The molecular formula is C28H48O2. The summed E-state index contributed by atoms with van der Waals surface area (Å²) >= 11 is 0. The third-order valence-electron chi connectivity index (χ3n) is 10.6. The zero-order valence-electron chi connectivity index (χ0n) is 20.6. The van der Waals surface area contributed by atoms with Gasteiger partial charge in [0.15, 0.2) is 0 Å². The van der Waals surface area contributed by atoms with Gasteiger partial charge in [0, 0.05) is 7.11 Å². The minimum absolute atomic E-state index is 0.194. The molecule has 30 heavy (non-hydrogen) atoms. The normalized spacial score (nSPS) is 46.7. The smallest absolute Gasteiger partial charge is 0.0759 e. The molecule has 0 aliphatic heterocycles. The Balaban J connectivity index is 1.52. The Kier molecular flexibility index (Phi) is 6.50. The maximum atomic E-state index is 11.2. The largest absolute Gasteiger partial charge is 0.389 e. The summed E-state index contributed by atoms with van der Waals surface area (Å²) in [6.07, 6.45) is 15.3. The van der Waals surface area contributed by atoms with Crippen molar-refractivity contribution in [1.29, 1.82) is 0 Å². The molecule has 0 aromatic carbocycles. The topological polar surface area (TPSA) is 29.5 Å². The molecule has 3 fully saturated rings. The SMILES string of the molecule is COC1C=C2C(O)CC3C(CCC4(C)C(C(C)CCCC(C)C)CCC34)C2(C)CC1. The third kappa shape index (κ3) is 3.72. The molecule has 4 aliphatic rings. The van der Waals surface area contributed by atoms with E-state index in [2.05, 4.69) is 40.7 Å². The monoisotopic (exact) mass is 416 g/mol. The fraction of sp³-hybridized carbons (Fsp3) is 0.929. The molecule has 4 aliphatic carbocycles. The first-order valence-electron chi connectivity index (χ1n) is 13.1. The fourth-order valence-electron chi connectivity index (χ4n) is 8.95. The Bertz CT molecular complexity index is 639. The molecule has 0 saturated heterocycles. The zero-order valence-corrected chi connectivity index (χ0v) is 20.6. The highest BCUT2D eigenvalue weighted by Gasteiger charge is 2.60. The van der Waals surface area contributed by atoms with E-state index < -0.39 is 0 Å². The summed E-state index contributed by atoms with van der Waals surface area (Å²) in [6.45, 7) is 12.4. The first kappa shape index (κ1) is 22.8. The van der Waals surface area contributed by atoms with Crippen molar-refractivity contribution in [2.24, 2.45) is 46.3 Å². The van der Waals surface area contributed by atoms with Crippen molar-refractivity contribution in [2.45, 2.75) is 111 Å². The van der Waals surface area contributed by atoms with Crippen molar-refractivity contribution in [3.8, 4) is 0 Å². The average Bonchev–Trinajstić information content (AvgIpc) is 3.05. The Morgan fingerprint density at radius 1 is 1.03 bits per heavy atom. The molecule has 9 unspecified atom stereocenters. The van der Waals surface area contributed by atoms with E-state index in [0.717, 1.165) is 42.4 Å². The molecule has 2 heteroatoms. The maximum Gasteiger partial charge on any atom is 0.0759 e. The Morgan fingerprint density at radius 2 is 1.80 bits per heavy atom. The zero-order chi connectivity index (χ0) is 21.7. The number of aliphatic hydroxyl groups is 1. The molecule has 0 amide bonds. The second-order valence-electron chi connectivity index (χ2n) is 12.5. The molecule has 0 radical (unpaired) electrons. The maximum absolute atomic E-state index is 11.2. The number of aliphatic hydroxyl groups excluding tert-OH is 1. The van der Waals surface area contributed by atoms with Crippen LogP contribution in [0.25, 0.3) is 0 Å². The van der Waals surface area contributed by atoms with E-state index in [-0.39, 0.29) is 17.6 Å². The van der Waals surface area contributed by atoms with Gasteiger partial charge in [0.1, 0.15) is 0 Å². The van der Waals surface area contributed by atoms with Crippen LogP contribution in [0.3, 0.4) is 0 Å². The van der Waals surface area contributed by atoms with Gasteiger partial charge in [0.25, 0.3) is 0 Å². The molecule has 2 nitrogen and oxygen atoms in total. The molecule has 0 aromatic heterocycles. The standard InChI is InChI=1S/C28H48O2/c1-18(2)8-7-9-19(3)22-10-11-23-21-17-26(29)25-16-20(30-6)12-14-28(25,5)24(21)13-15-27(22,23)4/h16,18-24,26,29H,7-15,17H2,1-6H3. The van der Waals surface area contributed by atoms with Gasteiger partial charge in [-0.3, -0.25) is 0 Å². The second kappa shape index (κ2) is 8.54. The van der Waals surface area contributed by atoms with Gasteiger partial charge in [0.05, 0.1) is 12.2 Å². The number of hydrogen-bond acceptors (Lipinski definition) is 2. The van der Waals surface area contributed by atoms with E-state index in [1.165, 1.54) is 56.9 Å². The highest BCUT2D eigenvalue weighted by Crippen LogP contribution is 2.67. The molecule has 1 N–H and O–H groups in total. The minimum atomic E-state index is -0.251. The molecule has 9 atom stereocenters. The quantitative estimate of drug-likeness (QED) is 0.472. The number of ether oxygens (including phenoxy) is 1. The predicted octanol–water partition coefficient (Wildman–Crippen LogP) is 7.01. The summed E-state index contributed by atoms with van der Waals surface area (Å²) in [4.78, 5) is 0. The van der Waals surface area contributed by atoms with E-state index in [0.29, 0.717) is 11.3 Å². The lowest BCUT2D eigenvalue weighted by atomic mass is 9.46. The van der Waals surface area contributed by atoms with Crippen molar-refractivity contribution in [3.63, 3.8) is 0 Å². The van der Waals surface area contributed by atoms with Crippen molar-refractivity contribution in [2.75, 3.05) is 7.11 Å². The molecule has 4 rings (SSSR count). The van der Waals surface area contributed by atoms with Crippen molar-refractivity contribution in [1.82, 2.24) is 0 Å². The fourth-order valence-corrected chi connectivity index (χ4v) is 8.95. The highest BCUT2D eigenvalue weighted by atomic mass is 16.5. The Labute approximate surface area is 186 Å². The van der Waals surface area contributed by atoms with Gasteiger partial charge in [-0.25, -0.2) is 0 Å². The average molecular weight is 417 g/mol. The van der Waals surface area contributed by atoms with Gasteiger partial charge in [-0.1, -0.05) is 60.0 Å². The molecule has 0 spiro atoms. The van der Waals surface area contributed by atoms with Crippen LogP contribution in [0.15, 0.2) is 11.6 Å². The number of methoxy groups -OCH3 is 1. The number of rotatable bonds is 6. The van der Waals surface area contributed by atoms with Crippen molar-refractivity contribution in [3.05, 3.63) is 11.6 Å². The minimum Gasteiger partial charge on any atom is -0.389 e. The summed E-state index contributed by atoms with van der Waals surface area (Å²) in [7, 11) is 1.81. The van der Waals surface area contributed by atoms with Crippen LogP contribution in [0.1, 0.15) is 98.8 Å². The molecular weight excluding hydrogens is 368 g/mol. The van der Waals surface area contributed by atoms with E-state index in [1.807, 2.05) is 7.11 Å².